The summed E-state index contributed by atoms with van der Waals surface area (Å²) in [7, 11) is -4.20. The van der Waals surface area contributed by atoms with Crippen LogP contribution in [-0.4, -0.2) is 43.8 Å². The number of benzene rings is 4. The highest BCUT2D eigenvalue weighted by Crippen LogP contribution is 2.30. The van der Waals surface area contributed by atoms with Crippen molar-refractivity contribution in [2.24, 2.45) is 0 Å². The van der Waals surface area contributed by atoms with Crippen molar-refractivity contribution in [1.82, 2.24) is 10.2 Å². The van der Waals surface area contributed by atoms with Crippen molar-refractivity contribution in [2.75, 3.05) is 10.8 Å². The van der Waals surface area contributed by atoms with Crippen LogP contribution in [0.4, 0.5) is 5.69 Å². The number of rotatable bonds is 13. The molecule has 0 aromatic heterocycles. The molecule has 0 radical (unpaired) electrons. The molecule has 45 heavy (non-hydrogen) atoms. The Morgan fingerprint density at radius 3 is 1.98 bits per heavy atom. The number of sulfonamides is 1. The molecule has 0 aliphatic rings. The van der Waals surface area contributed by atoms with Gasteiger partial charge in [-0.2, -0.15) is 0 Å². The van der Waals surface area contributed by atoms with E-state index in [4.69, 9.17) is 23.2 Å². The zero-order chi connectivity index (χ0) is 32.6. The van der Waals surface area contributed by atoms with E-state index in [0.29, 0.717) is 27.7 Å². The van der Waals surface area contributed by atoms with Gasteiger partial charge in [0.15, 0.2) is 0 Å². The van der Waals surface area contributed by atoms with Crippen LogP contribution < -0.4 is 9.62 Å². The smallest absolute Gasteiger partial charge is 0.264 e. The molecule has 0 heterocycles. The molecule has 1 atom stereocenters. The molecule has 0 fully saturated rings. The third-order valence-corrected chi connectivity index (χ3v) is 9.83. The predicted molar refractivity (Wildman–Crippen MR) is 181 cm³/mol. The lowest BCUT2D eigenvalue weighted by Crippen LogP contribution is -2.54. The molecule has 0 spiro atoms. The van der Waals surface area contributed by atoms with E-state index < -0.39 is 28.5 Å². The van der Waals surface area contributed by atoms with E-state index in [-0.39, 0.29) is 29.8 Å². The minimum Gasteiger partial charge on any atom is -0.352 e. The maximum absolute atomic E-state index is 14.6. The lowest BCUT2D eigenvalue weighted by atomic mass is 10.0. The number of anilines is 1. The Labute approximate surface area is 275 Å². The van der Waals surface area contributed by atoms with Crippen LogP contribution in [0.5, 0.6) is 0 Å². The molecule has 0 saturated carbocycles. The van der Waals surface area contributed by atoms with Crippen LogP contribution in [0.3, 0.4) is 0 Å². The second-order valence-electron chi connectivity index (χ2n) is 10.9. The Morgan fingerprint density at radius 1 is 0.800 bits per heavy atom. The minimum atomic E-state index is -4.20. The highest BCUT2D eigenvalue weighted by Gasteiger charge is 2.35. The third-order valence-electron chi connectivity index (χ3n) is 7.34. The Morgan fingerprint density at radius 2 is 1.38 bits per heavy atom. The summed E-state index contributed by atoms with van der Waals surface area (Å²) in [5, 5.41) is 3.60. The van der Waals surface area contributed by atoms with Gasteiger partial charge in [0.2, 0.25) is 11.8 Å². The van der Waals surface area contributed by atoms with Crippen LogP contribution in [0.15, 0.2) is 108 Å². The summed E-state index contributed by atoms with van der Waals surface area (Å²) in [4.78, 5) is 29.9. The quantitative estimate of drug-likeness (QED) is 0.168. The lowest BCUT2D eigenvalue weighted by Gasteiger charge is -2.35. The number of nitrogens with zero attached hydrogens (tertiary/aromatic N) is 2. The average molecular weight is 667 g/mol. The van der Waals surface area contributed by atoms with Crippen molar-refractivity contribution >= 4 is 50.7 Å². The first kappa shape index (κ1) is 34.0. The summed E-state index contributed by atoms with van der Waals surface area (Å²) < 4.78 is 29.5. The van der Waals surface area contributed by atoms with Gasteiger partial charge in [0.1, 0.15) is 12.6 Å². The van der Waals surface area contributed by atoms with E-state index in [2.05, 4.69) is 5.32 Å². The van der Waals surface area contributed by atoms with Gasteiger partial charge in [-0.05, 0) is 61.7 Å². The number of para-hydroxylation sites is 1. The third kappa shape index (κ3) is 8.45. The molecule has 10 heteroatoms. The predicted octanol–water partition coefficient (Wildman–Crippen LogP) is 6.92. The fourth-order valence-electron chi connectivity index (χ4n) is 5.07. The van der Waals surface area contributed by atoms with Gasteiger partial charge in [0, 0.05) is 34.6 Å². The molecule has 7 nitrogen and oxygen atoms in total. The standard InChI is InChI=1S/C35H37Cl2N3O4S/c1-4-27-16-11-12-21-32(27)40(45(43,44)28-17-9-6-10-18-28)24-34(41)39(23-29-30(36)19-13-20-31(29)37)33(35(42)38-25(2)3)22-26-14-7-5-8-15-26/h5-21,25,33H,4,22-24H2,1-3H3,(H,38,42)/t33-/m0/s1. The molecule has 0 aliphatic heterocycles. The van der Waals surface area contributed by atoms with Gasteiger partial charge in [0.25, 0.3) is 10.0 Å². The van der Waals surface area contributed by atoms with Gasteiger partial charge in [-0.25, -0.2) is 8.42 Å². The number of hydrogen-bond donors (Lipinski definition) is 1. The molecule has 4 rings (SSSR count). The van der Waals surface area contributed by atoms with Crippen LogP contribution in [0.1, 0.15) is 37.5 Å². The number of carbonyl (C=O) groups is 2. The summed E-state index contributed by atoms with van der Waals surface area (Å²) in [5.74, 6) is -0.965. The highest BCUT2D eigenvalue weighted by molar-refractivity contribution is 7.92. The lowest BCUT2D eigenvalue weighted by molar-refractivity contribution is -0.140. The fourth-order valence-corrected chi connectivity index (χ4v) is 7.06. The van der Waals surface area contributed by atoms with Gasteiger partial charge < -0.3 is 10.2 Å². The van der Waals surface area contributed by atoms with Crippen LogP contribution in [0.25, 0.3) is 0 Å². The first-order valence-electron chi connectivity index (χ1n) is 14.7. The van der Waals surface area contributed by atoms with Crippen molar-refractivity contribution in [3.8, 4) is 0 Å². The van der Waals surface area contributed by atoms with Crippen LogP contribution >= 0.6 is 23.2 Å². The number of halogens is 2. The van der Waals surface area contributed by atoms with E-state index in [0.717, 1.165) is 15.4 Å². The molecule has 0 unspecified atom stereocenters. The number of amides is 2. The van der Waals surface area contributed by atoms with Gasteiger partial charge in [-0.1, -0.05) is 103 Å². The molecule has 0 saturated heterocycles. The van der Waals surface area contributed by atoms with Crippen molar-refractivity contribution in [2.45, 2.75) is 57.1 Å². The second kappa shape index (κ2) is 15.4. The van der Waals surface area contributed by atoms with Crippen molar-refractivity contribution < 1.29 is 18.0 Å². The Kier molecular flexibility index (Phi) is 11.7. The van der Waals surface area contributed by atoms with Gasteiger partial charge in [0.05, 0.1) is 10.6 Å². The van der Waals surface area contributed by atoms with E-state index in [9.17, 15) is 18.0 Å². The van der Waals surface area contributed by atoms with Crippen molar-refractivity contribution in [3.63, 3.8) is 0 Å². The molecular weight excluding hydrogens is 629 g/mol. The molecule has 4 aromatic carbocycles. The molecule has 4 aromatic rings. The number of carbonyl (C=O) groups excluding carboxylic acids is 2. The van der Waals surface area contributed by atoms with E-state index in [1.165, 1.54) is 17.0 Å². The number of nitrogens with one attached hydrogen (secondary N) is 1. The van der Waals surface area contributed by atoms with E-state index in [1.807, 2.05) is 63.2 Å². The molecule has 236 valence electrons. The number of aryl methyl sites for hydroxylation is 1. The maximum atomic E-state index is 14.6. The van der Waals surface area contributed by atoms with Gasteiger partial charge in [-0.3, -0.25) is 13.9 Å². The Balaban J connectivity index is 1.86. The summed E-state index contributed by atoms with van der Waals surface area (Å²) in [5.41, 5.74) is 2.42. The summed E-state index contributed by atoms with van der Waals surface area (Å²) >= 11 is 13.1. The highest BCUT2D eigenvalue weighted by atomic mass is 35.5. The fraction of sp³-hybridized carbons (Fsp3) is 0.257. The zero-order valence-corrected chi connectivity index (χ0v) is 27.8. The summed E-state index contributed by atoms with van der Waals surface area (Å²) in [6.45, 7) is 4.92. The topological polar surface area (TPSA) is 86.8 Å². The van der Waals surface area contributed by atoms with Crippen LogP contribution in [-0.2, 0) is 39.0 Å². The molecule has 2 amide bonds. The normalized spacial score (nSPS) is 12.0. The average Bonchev–Trinajstić information content (AvgIpc) is 3.03. The molecule has 1 N–H and O–H groups in total. The van der Waals surface area contributed by atoms with Crippen LogP contribution in [0, 0.1) is 0 Å². The van der Waals surface area contributed by atoms with Crippen LogP contribution in [0.2, 0.25) is 10.0 Å². The Hall–Kier alpha value is -3.85. The molecule has 0 bridgehead atoms. The van der Waals surface area contributed by atoms with Crippen molar-refractivity contribution in [1.29, 1.82) is 0 Å². The van der Waals surface area contributed by atoms with E-state index >= 15 is 0 Å². The minimum absolute atomic E-state index is 0.0443. The molecular formula is C35H37Cl2N3O4S. The summed E-state index contributed by atoms with van der Waals surface area (Å²) in [6.07, 6.45) is 0.724. The van der Waals surface area contributed by atoms with Gasteiger partial charge in [-0.15, -0.1) is 0 Å². The number of hydrogen-bond acceptors (Lipinski definition) is 4. The summed E-state index contributed by atoms with van der Waals surface area (Å²) in [6, 6.07) is 28.3. The SMILES string of the molecule is CCc1ccccc1N(CC(=O)N(Cc1c(Cl)cccc1Cl)[C@@H](Cc1ccccc1)C(=O)NC(C)C)S(=O)(=O)c1ccccc1. The van der Waals surface area contributed by atoms with E-state index in [1.54, 1.807) is 48.5 Å². The molecule has 0 aliphatic carbocycles. The monoisotopic (exact) mass is 665 g/mol. The zero-order valence-electron chi connectivity index (χ0n) is 25.5. The Bertz CT molecular complexity index is 1700. The van der Waals surface area contributed by atoms with Gasteiger partial charge >= 0.3 is 0 Å². The second-order valence-corrected chi connectivity index (χ2v) is 13.6. The first-order chi connectivity index (χ1) is 21.5. The maximum Gasteiger partial charge on any atom is 0.264 e. The largest absolute Gasteiger partial charge is 0.352 e. The first-order valence-corrected chi connectivity index (χ1v) is 16.9. The van der Waals surface area contributed by atoms with Crippen molar-refractivity contribution in [3.05, 3.63) is 130 Å².